The topological polar surface area (TPSA) is 134 Å². The third-order valence-electron chi connectivity index (χ3n) is 3.68. The monoisotopic (exact) mass is 462 g/mol. The van der Waals surface area contributed by atoms with Gasteiger partial charge in [0.25, 0.3) is 11.2 Å². The van der Waals surface area contributed by atoms with E-state index in [1.54, 1.807) is 6.26 Å². The number of benzene rings is 1. The van der Waals surface area contributed by atoms with Crippen molar-refractivity contribution in [1.82, 2.24) is 14.5 Å². The van der Waals surface area contributed by atoms with Gasteiger partial charge >= 0.3 is 15.6 Å². The fraction of sp³-hybridized carbons (Fsp3) is 0.133. The van der Waals surface area contributed by atoms with Gasteiger partial charge in [-0.3, -0.25) is 19.5 Å². The van der Waals surface area contributed by atoms with Crippen LogP contribution in [-0.2, 0) is 10.1 Å². The van der Waals surface area contributed by atoms with Crippen molar-refractivity contribution in [3.8, 4) is 11.4 Å². The Kier molecular flexibility index (Phi) is 5.42. The molecule has 15 heteroatoms. The molecule has 0 saturated heterocycles. The quantitative estimate of drug-likeness (QED) is 0.140. The van der Waals surface area contributed by atoms with Crippen molar-refractivity contribution in [3.63, 3.8) is 0 Å². The van der Waals surface area contributed by atoms with E-state index in [1.165, 1.54) is 12.1 Å². The van der Waals surface area contributed by atoms with Crippen molar-refractivity contribution >= 4 is 38.6 Å². The summed E-state index contributed by atoms with van der Waals surface area (Å²) in [4.78, 5) is 30.7. The normalized spacial score (nSPS) is 12.1. The summed E-state index contributed by atoms with van der Waals surface area (Å²) >= 11 is 1.06. The number of non-ortho nitro benzene ring substituents is 1. The molecule has 3 aromatic rings. The van der Waals surface area contributed by atoms with Crippen LogP contribution in [-0.4, -0.2) is 39.6 Å². The zero-order valence-corrected chi connectivity index (χ0v) is 16.3. The Balaban J connectivity index is 2.29. The second-order valence-electron chi connectivity index (χ2n) is 5.53. The molecule has 0 spiro atoms. The zero-order chi connectivity index (χ0) is 22.3. The number of nitrogens with zero attached hydrogens (tertiary/aromatic N) is 4. The summed E-state index contributed by atoms with van der Waals surface area (Å²) < 4.78 is 66.0. The molecule has 0 aliphatic rings. The number of pyridine rings is 1. The highest BCUT2D eigenvalue weighted by Gasteiger charge is 2.49. The lowest BCUT2D eigenvalue weighted by Crippen LogP contribution is -2.29. The van der Waals surface area contributed by atoms with Gasteiger partial charge in [-0.1, -0.05) is 11.8 Å². The van der Waals surface area contributed by atoms with Crippen molar-refractivity contribution in [2.45, 2.75) is 10.7 Å². The van der Waals surface area contributed by atoms with Crippen LogP contribution in [0.3, 0.4) is 0 Å². The summed E-state index contributed by atoms with van der Waals surface area (Å²) in [5.74, 6) is -0.905. The van der Waals surface area contributed by atoms with Crippen molar-refractivity contribution in [2.24, 2.45) is 0 Å². The number of thioether (sulfide) groups is 1. The number of aromatic nitrogens is 3. The van der Waals surface area contributed by atoms with Gasteiger partial charge in [-0.25, -0.2) is 9.97 Å². The number of nitro groups is 1. The highest BCUT2D eigenvalue weighted by molar-refractivity contribution is 7.98. The first-order valence-corrected chi connectivity index (χ1v) is 10.3. The maximum Gasteiger partial charge on any atom is 0.534 e. The van der Waals surface area contributed by atoms with E-state index in [0.717, 1.165) is 34.7 Å². The van der Waals surface area contributed by atoms with Crippen molar-refractivity contribution < 1.29 is 30.7 Å². The first-order valence-electron chi connectivity index (χ1n) is 7.67. The number of halogens is 3. The van der Waals surface area contributed by atoms with E-state index in [-0.39, 0.29) is 27.6 Å². The van der Waals surface area contributed by atoms with Crippen LogP contribution in [0.2, 0.25) is 0 Å². The lowest BCUT2D eigenvalue weighted by Gasteiger charge is -2.14. The highest BCUT2D eigenvalue weighted by atomic mass is 32.2. The van der Waals surface area contributed by atoms with E-state index in [2.05, 4.69) is 14.2 Å². The second-order valence-corrected chi connectivity index (χ2v) is 7.84. The smallest absolute Gasteiger partial charge is 0.375 e. The molecule has 0 amide bonds. The third kappa shape index (κ3) is 3.93. The predicted octanol–water partition coefficient (Wildman–Crippen LogP) is 2.64. The van der Waals surface area contributed by atoms with E-state index in [9.17, 15) is 36.5 Å². The summed E-state index contributed by atoms with van der Waals surface area (Å²) in [6, 6.07) is 5.22. The Morgan fingerprint density at radius 1 is 1.23 bits per heavy atom. The number of fused-ring (bicyclic) bond motifs is 1. The van der Waals surface area contributed by atoms with Gasteiger partial charge in [-0.15, -0.1) is 0 Å². The molecular weight excluding hydrogens is 453 g/mol. The summed E-state index contributed by atoms with van der Waals surface area (Å²) in [5.41, 5.74) is -7.09. The van der Waals surface area contributed by atoms with Crippen LogP contribution in [0, 0.1) is 10.1 Å². The van der Waals surface area contributed by atoms with Crippen LogP contribution >= 0.6 is 11.8 Å². The van der Waals surface area contributed by atoms with Crippen molar-refractivity contribution in [1.29, 1.82) is 0 Å². The second kappa shape index (κ2) is 7.56. The molecule has 0 fully saturated rings. The predicted molar refractivity (Wildman–Crippen MR) is 99.2 cm³/mol. The van der Waals surface area contributed by atoms with Crippen LogP contribution in [0.4, 0.5) is 18.9 Å². The first kappa shape index (κ1) is 21.5. The summed E-state index contributed by atoms with van der Waals surface area (Å²) in [5, 5.41) is 10.7. The fourth-order valence-electron chi connectivity index (χ4n) is 2.37. The SMILES string of the molecule is CSc1ncc2c(OS(=O)(=O)C(F)(F)F)cc(=O)n(-c3ccc([N+](=O)[O-])cc3)c2n1. The lowest BCUT2D eigenvalue weighted by atomic mass is 10.2. The minimum Gasteiger partial charge on any atom is -0.375 e. The van der Waals surface area contributed by atoms with Crippen LogP contribution in [0.5, 0.6) is 5.75 Å². The van der Waals surface area contributed by atoms with Gasteiger partial charge < -0.3 is 4.18 Å². The maximum absolute atomic E-state index is 12.7. The Hall–Kier alpha value is -3.20. The van der Waals surface area contributed by atoms with Crippen LogP contribution in [0.25, 0.3) is 16.7 Å². The molecule has 0 aliphatic carbocycles. The van der Waals surface area contributed by atoms with Gasteiger partial charge in [0.2, 0.25) is 0 Å². The number of hydrogen-bond acceptors (Lipinski definition) is 9. The fourth-order valence-corrected chi connectivity index (χ4v) is 3.17. The third-order valence-corrected chi connectivity index (χ3v) is 5.21. The van der Waals surface area contributed by atoms with E-state index in [1.807, 2.05) is 0 Å². The van der Waals surface area contributed by atoms with Gasteiger partial charge in [-0.05, 0) is 18.4 Å². The standard InChI is InChI=1S/C15H9F3N4O6S2/c1-29-14-19-7-10-11(28-30(26,27)15(16,17)18)6-12(23)21(13(10)20-14)8-2-4-9(5-3-8)22(24)25/h2-7H,1H3. The Labute approximate surface area is 169 Å². The molecule has 3 rings (SSSR count). The molecule has 0 unspecified atom stereocenters. The average molecular weight is 462 g/mol. The number of rotatable bonds is 5. The van der Waals surface area contributed by atoms with E-state index >= 15 is 0 Å². The van der Waals surface area contributed by atoms with Crippen LogP contribution < -0.4 is 9.74 Å². The molecule has 10 nitrogen and oxygen atoms in total. The molecule has 0 bridgehead atoms. The van der Waals surface area contributed by atoms with E-state index in [0.29, 0.717) is 6.07 Å². The zero-order valence-electron chi connectivity index (χ0n) is 14.7. The number of hydrogen-bond donors (Lipinski definition) is 0. The van der Waals surface area contributed by atoms with E-state index < -0.39 is 31.9 Å². The highest BCUT2D eigenvalue weighted by Crippen LogP contribution is 2.31. The molecule has 2 aromatic heterocycles. The lowest BCUT2D eigenvalue weighted by molar-refractivity contribution is -0.384. The van der Waals surface area contributed by atoms with Gasteiger partial charge in [0.05, 0.1) is 16.0 Å². The molecule has 1 aromatic carbocycles. The van der Waals surface area contributed by atoms with Gasteiger partial charge in [-0.2, -0.15) is 21.6 Å². The average Bonchev–Trinajstić information content (AvgIpc) is 2.66. The molecule has 30 heavy (non-hydrogen) atoms. The van der Waals surface area contributed by atoms with Crippen molar-refractivity contribution in [3.05, 3.63) is 57.0 Å². The molecule has 0 aliphatic heterocycles. The molecule has 0 saturated carbocycles. The molecule has 2 heterocycles. The molecule has 0 atom stereocenters. The van der Waals surface area contributed by atoms with Gasteiger partial charge in [0, 0.05) is 24.4 Å². The Morgan fingerprint density at radius 3 is 2.40 bits per heavy atom. The number of nitro benzene ring substituents is 1. The first-order chi connectivity index (χ1) is 13.9. The number of alkyl halides is 3. The van der Waals surface area contributed by atoms with Gasteiger partial charge in [0.1, 0.15) is 0 Å². The Bertz CT molecular complexity index is 1310. The molecule has 158 valence electrons. The molecule has 0 N–H and O–H groups in total. The van der Waals surface area contributed by atoms with Crippen molar-refractivity contribution in [2.75, 3.05) is 6.26 Å². The van der Waals surface area contributed by atoms with Crippen LogP contribution in [0.1, 0.15) is 0 Å². The van der Waals surface area contributed by atoms with Crippen LogP contribution in [0.15, 0.2) is 46.5 Å². The summed E-state index contributed by atoms with van der Waals surface area (Å²) in [6.07, 6.45) is 2.61. The van der Waals surface area contributed by atoms with Gasteiger partial charge in [0.15, 0.2) is 16.6 Å². The minimum absolute atomic E-state index is 0.103. The maximum atomic E-state index is 12.7. The summed E-state index contributed by atoms with van der Waals surface area (Å²) in [6.45, 7) is 0. The minimum atomic E-state index is -6.05. The van der Waals surface area contributed by atoms with E-state index in [4.69, 9.17) is 0 Å². The molecular formula is C15H9F3N4O6S2. The molecule has 0 radical (unpaired) electrons. The summed E-state index contributed by atoms with van der Waals surface area (Å²) in [7, 11) is -6.05. The Morgan fingerprint density at radius 2 is 1.87 bits per heavy atom. The largest absolute Gasteiger partial charge is 0.534 e.